The number of H-pyrrole nitrogens is 1. The van der Waals surface area contributed by atoms with Gasteiger partial charge in [0, 0.05) is 58.1 Å². The fraction of sp³-hybridized carbons (Fsp3) is 0.438. The Morgan fingerprint density at radius 1 is 0.957 bits per heavy atom. The third kappa shape index (κ3) is 5.80. The Balaban J connectivity index is 1.12. The summed E-state index contributed by atoms with van der Waals surface area (Å²) in [5.74, 6) is 0.292. The molecule has 0 amide bonds. The maximum Gasteiger partial charge on any atom is 0.232 e. The molecule has 46 heavy (non-hydrogen) atoms. The van der Waals surface area contributed by atoms with E-state index in [-0.39, 0.29) is 17.4 Å². The molecule has 3 aliphatic heterocycles. The van der Waals surface area contributed by atoms with Gasteiger partial charge in [-0.25, -0.2) is 12.8 Å². The molecule has 0 atom stereocenters. The first-order chi connectivity index (χ1) is 22.2. The molecule has 0 bridgehead atoms. The van der Waals surface area contributed by atoms with Crippen LogP contribution in [0.15, 0.2) is 42.6 Å². The summed E-state index contributed by atoms with van der Waals surface area (Å²) in [6.07, 6.45) is 5.64. The van der Waals surface area contributed by atoms with Crippen LogP contribution in [0.5, 0.6) is 5.75 Å². The Labute approximate surface area is 268 Å². The van der Waals surface area contributed by atoms with E-state index in [0.717, 1.165) is 63.4 Å². The second-order valence-electron chi connectivity index (χ2n) is 12.3. The van der Waals surface area contributed by atoms with Gasteiger partial charge < -0.3 is 30.2 Å². The van der Waals surface area contributed by atoms with Gasteiger partial charge in [-0.05, 0) is 56.1 Å². The molecule has 0 radical (unpaired) electrons. The number of rotatable bonds is 8. The number of nitrogens with one attached hydrogen (secondary N) is 3. The van der Waals surface area contributed by atoms with Gasteiger partial charge in [-0.3, -0.25) is 9.21 Å². The molecular formula is C32H40FN9O3S. The summed E-state index contributed by atoms with van der Waals surface area (Å²) in [5.41, 5.74) is 3.63. The number of ether oxygens (including phenoxy) is 1. The molecule has 0 aliphatic carbocycles. The van der Waals surface area contributed by atoms with Crippen molar-refractivity contribution in [2.45, 2.75) is 25.3 Å². The Bertz CT molecular complexity index is 1850. The number of sulfonamides is 1. The van der Waals surface area contributed by atoms with Crippen molar-refractivity contribution in [3.05, 3.63) is 54.0 Å². The van der Waals surface area contributed by atoms with Crippen molar-refractivity contribution in [3.63, 3.8) is 0 Å². The Kier molecular flexibility index (Phi) is 8.11. The average molecular weight is 650 g/mol. The second kappa shape index (κ2) is 12.2. The normalized spacial score (nSPS) is 18.3. The van der Waals surface area contributed by atoms with Crippen LogP contribution in [-0.2, 0) is 16.4 Å². The zero-order valence-corrected chi connectivity index (χ0v) is 27.2. The van der Waals surface area contributed by atoms with Crippen molar-refractivity contribution < 1.29 is 17.5 Å². The third-order valence-corrected chi connectivity index (χ3v) is 10.6. The first-order valence-corrected chi connectivity index (χ1v) is 17.6. The molecule has 7 rings (SSSR count). The van der Waals surface area contributed by atoms with Gasteiger partial charge >= 0.3 is 0 Å². The predicted molar refractivity (Wildman–Crippen MR) is 180 cm³/mol. The molecule has 2 aromatic carbocycles. The summed E-state index contributed by atoms with van der Waals surface area (Å²) in [4.78, 5) is 19.6. The highest BCUT2D eigenvalue weighted by molar-refractivity contribution is 7.92. The number of halogens is 1. The lowest BCUT2D eigenvalue weighted by atomic mass is 10.0. The molecule has 2 saturated heterocycles. The number of para-hydroxylation sites is 1. The molecule has 0 unspecified atom stereocenters. The molecule has 12 nitrogen and oxygen atoms in total. The SMILES string of the molecule is COc1c(N2CCC(N3CCN(C)CC3)CC2)ccc(Nc2nc(Nc3cccc4c3N(S(C)(=O)=O)CC4)c3cc[nH]c3n2)c1F. The monoisotopic (exact) mass is 649 g/mol. The minimum atomic E-state index is -3.46. The zero-order valence-electron chi connectivity index (χ0n) is 26.4. The maximum absolute atomic E-state index is 16.0. The van der Waals surface area contributed by atoms with Crippen LogP contribution in [0.4, 0.5) is 38.9 Å². The first kappa shape index (κ1) is 30.5. The van der Waals surface area contributed by atoms with Crippen LogP contribution in [0, 0.1) is 5.82 Å². The van der Waals surface area contributed by atoms with Crippen LogP contribution in [0.3, 0.4) is 0 Å². The van der Waals surface area contributed by atoms with Gasteiger partial charge in [-0.2, -0.15) is 9.97 Å². The fourth-order valence-electron chi connectivity index (χ4n) is 6.94. The van der Waals surface area contributed by atoms with Crippen molar-refractivity contribution in [1.82, 2.24) is 24.8 Å². The van der Waals surface area contributed by atoms with Crippen molar-refractivity contribution in [1.29, 1.82) is 0 Å². The van der Waals surface area contributed by atoms with Gasteiger partial charge in [0.15, 0.2) is 11.6 Å². The van der Waals surface area contributed by atoms with E-state index in [1.54, 1.807) is 12.3 Å². The van der Waals surface area contributed by atoms with Crippen LogP contribution < -0.4 is 24.6 Å². The number of piperazine rings is 1. The number of hydrogen-bond acceptors (Lipinski definition) is 10. The topological polar surface area (TPSA) is 122 Å². The lowest BCUT2D eigenvalue weighted by Gasteiger charge is -2.42. The number of aromatic nitrogens is 3. The number of aromatic amines is 1. The highest BCUT2D eigenvalue weighted by Gasteiger charge is 2.30. The molecule has 244 valence electrons. The van der Waals surface area contributed by atoms with Crippen molar-refractivity contribution in [2.75, 3.05) is 86.1 Å². The summed E-state index contributed by atoms with van der Waals surface area (Å²) in [6, 6.07) is 11.6. The van der Waals surface area contributed by atoms with E-state index < -0.39 is 15.8 Å². The minimum Gasteiger partial charge on any atom is -0.492 e. The molecular weight excluding hydrogens is 609 g/mol. The highest BCUT2D eigenvalue weighted by atomic mass is 32.2. The first-order valence-electron chi connectivity index (χ1n) is 15.7. The number of benzene rings is 2. The smallest absolute Gasteiger partial charge is 0.232 e. The van der Waals surface area contributed by atoms with E-state index in [2.05, 4.69) is 42.3 Å². The van der Waals surface area contributed by atoms with Crippen LogP contribution in [0.25, 0.3) is 11.0 Å². The van der Waals surface area contributed by atoms with E-state index in [0.29, 0.717) is 47.2 Å². The maximum atomic E-state index is 16.0. The largest absolute Gasteiger partial charge is 0.492 e. The Hall–Kier alpha value is -4.14. The molecule has 5 heterocycles. The van der Waals surface area contributed by atoms with Crippen LogP contribution in [-0.4, -0.2) is 105 Å². The van der Waals surface area contributed by atoms with Crippen LogP contribution in [0.2, 0.25) is 0 Å². The summed E-state index contributed by atoms with van der Waals surface area (Å²) < 4.78 is 48.1. The summed E-state index contributed by atoms with van der Waals surface area (Å²) in [6.45, 7) is 6.44. The second-order valence-corrected chi connectivity index (χ2v) is 14.2. The number of likely N-dealkylation sites (N-methyl/N-ethyl adjacent to an activating group) is 1. The number of hydrogen-bond donors (Lipinski definition) is 3. The predicted octanol–water partition coefficient (Wildman–Crippen LogP) is 4.13. The summed E-state index contributed by atoms with van der Waals surface area (Å²) in [7, 11) is 0.199. The number of piperidine rings is 1. The molecule has 14 heteroatoms. The van der Waals surface area contributed by atoms with E-state index >= 15 is 4.39 Å². The van der Waals surface area contributed by atoms with Crippen molar-refractivity contribution in [3.8, 4) is 5.75 Å². The third-order valence-electron chi connectivity index (χ3n) is 9.41. The van der Waals surface area contributed by atoms with Gasteiger partial charge in [0.25, 0.3) is 0 Å². The minimum absolute atomic E-state index is 0.173. The van der Waals surface area contributed by atoms with Gasteiger partial charge in [-0.15, -0.1) is 0 Å². The number of fused-ring (bicyclic) bond motifs is 2. The highest BCUT2D eigenvalue weighted by Crippen LogP contribution is 2.40. The van der Waals surface area contributed by atoms with Crippen molar-refractivity contribution in [2.24, 2.45) is 0 Å². The van der Waals surface area contributed by atoms with Gasteiger partial charge in [0.1, 0.15) is 11.5 Å². The Morgan fingerprint density at radius 2 is 1.74 bits per heavy atom. The molecule has 4 aromatic rings. The number of methoxy groups -OCH3 is 1. The molecule has 3 aliphatic rings. The zero-order chi connectivity index (χ0) is 32.0. The molecule has 2 aromatic heterocycles. The average Bonchev–Trinajstić information content (AvgIpc) is 3.71. The molecule has 3 N–H and O–H groups in total. The lowest BCUT2D eigenvalue weighted by Crippen LogP contribution is -2.52. The van der Waals surface area contributed by atoms with E-state index in [4.69, 9.17) is 9.72 Å². The van der Waals surface area contributed by atoms with Crippen LogP contribution >= 0.6 is 0 Å². The quantitative estimate of drug-likeness (QED) is 0.257. The Morgan fingerprint density at radius 3 is 2.48 bits per heavy atom. The standard InChI is InChI=1S/C32H40FN9O3S/c1-39-17-19-40(20-18-39)22-11-14-41(15-12-22)26-8-7-24(27(33)29(26)45-2)36-32-37-30-23(9-13-34-30)31(38-32)35-25-6-4-5-21-10-16-42(28(21)25)46(3,43)44/h4-9,13,22H,10-12,14-20H2,1-3H3,(H3,34,35,36,37,38). The van der Waals surface area contributed by atoms with Crippen LogP contribution in [0.1, 0.15) is 18.4 Å². The van der Waals surface area contributed by atoms with Gasteiger partial charge in [-0.1, -0.05) is 12.1 Å². The number of anilines is 6. The molecule has 0 spiro atoms. The fourth-order valence-corrected chi connectivity index (χ4v) is 7.91. The van der Waals surface area contributed by atoms with Gasteiger partial charge in [0.2, 0.25) is 16.0 Å². The van der Waals surface area contributed by atoms with E-state index in [1.165, 1.54) is 17.7 Å². The summed E-state index contributed by atoms with van der Waals surface area (Å²) in [5, 5.41) is 7.09. The summed E-state index contributed by atoms with van der Waals surface area (Å²) >= 11 is 0. The lowest BCUT2D eigenvalue weighted by molar-refractivity contribution is 0.0981. The van der Waals surface area contributed by atoms with Crippen molar-refractivity contribution >= 4 is 55.6 Å². The van der Waals surface area contributed by atoms with E-state index in [1.807, 2.05) is 30.3 Å². The van der Waals surface area contributed by atoms with E-state index in [9.17, 15) is 8.42 Å². The number of nitrogens with zero attached hydrogens (tertiary/aromatic N) is 6. The molecule has 0 saturated carbocycles. The molecule has 2 fully saturated rings. The van der Waals surface area contributed by atoms with Gasteiger partial charge in [0.05, 0.1) is 41.5 Å².